The fourth-order valence-corrected chi connectivity index (χ4v) is 2.07. The molecule has 0 aliphatic heterocycles. The molecule has 0 spiro atoms. The summed E-state index contributed by atoms with van der Waals surface area (Å²) >= 11 is 0. The minimum atomic E-state index is 1.06. The summed E-state index contributed by atoms with van der Waals surface area (Å²) in [6, 6.07) is 8.85. The summed E-state index contributed by atoms with van der Waals surface area (Å²) in [5.74, 6) is 0. The van der Waals surface area contributed by atoms with Crippen LogP contribution < -0.4 is 5.32 Å². The number of fused-ring (bicyclic) bond motifs is 1. The zero-order valence-electron chi connectivity index (χ0n) is 10.2. The van der Waals surface area contributed by atoms with Crippen LogP contribution in [0, 0.1) is 6.92 Å². The monoisotopic (exact) mass is 216 g/mol. The third kappa shape index (κ3) is 2.45. The van der Waals surface area contributed by atoms with Crippen LogP contribution in [0.15, 0.2) is 30.5 Å². The summed E-state index contributed by atoms with van der Waals surface area (Å²) in [5.41, 5.74) is 2.68. The van der Waals surface area contributed by atoms with E-state index in [2.05, 4.69) is 54.2 Å². The van der Waals surface area contributed by atoms with Crippen molar-refractivity contribution < 1.29 is 0 Å². The fraction of sp³-hybridized carbons (Fsp3) is 0.429. The highest BCUT2D eigenvalue weighted by Crippen LogP contribution is 2.17. The summed E-state index contributed by atoms with van der Waals surface area (Å²) in [7, 11) is 0. The molecule has 2 rings (SSSR count). The first-order valence-electron chi connectivity index (χ1n) is 6.07. The maximum absolute atomic E-state index is 3.35. The smallest absolute Gasteiger partial charge is 0.0480 e. The van der Waals surface area contributed by atoms with Crippen LogP contribution in [0.25, 0.3) is 10.9 Å². The molecule has 1 N–H and O–H groups in total. The van der Waals surface area contributed by atoms with E-state index in [1.54, 1.807) is 0 Å². The molecule has 0 saturated carbocycles. The highest BCUT2D eigenvalue weighted by Gasteiger charge is 2.00. The minimum Gasteiger partial charge on any atom is -0.347 e. The predicted molar refractivity (Wildman–Crippen MR) is 69.8 cm³/mol. The molecule has 0 atom stereocenters. The Kier molecular flexibility index (Phi) is 3.62. The summed E-state index contributed by atoms with van der Waals surface area (Å²) < 4.78 is 2.34. The standard InChI is InChI=1S/C14H20N2/c1-3-15-8-4-9-16-10-7-13-11-12(2)5-6-14(13)16/h5-7,10-11,15H,3-4,8-9H2,1-2H3. The summed E-state index contributed by atoms with van der Waals surface area (Å²) in [4.78, 5) is 0. The first-order valence-corrected chi connectivity index (χ1v) is 6.07. The number of nitrogens with zero attached hydrogens (tertiary/aromatic N) is 1. The van der Waals surface area contributed by atoms with E-state index in [1.165, 1.54) is 22.9 Å². The number of benzene rings is 1. The topological polar surface area (TPSA) is 17.0 Å². The molecule has 0 saturated heterocycles. The van der Waals surface area contributed by atoms with Gasteiger partial charge in [-0.3, -0.25) is 0 Å². The van der Waals surface area contributed by atoms with Crippen LogP contribution in [0.2, 0.25) is 0 Å². The summed E-state index contributed by atoms with van der Waals surface area (Å²) in [6.07, 6.45) is 3.38. The molecule has 1 aromatic carbocycles. The van der Waals surface area contributed by atoms with Gasteiger partial charge in [-0.2, -0.15) is 0 Å². The molecule has 1 aromatic heterocycles. The lowest BCUT2D eigenvalue weighted by molar-refractivity contribution is 0.603. The molecule has 0 amide bonds. The number of hydrogen-bond acceptors (Lipinski definition) is 1. The number of nitrogens with one attached hydrogen (secondary N) is 1. The van der Waals surface area contributed by atoms with Crippen molar-refractivity contribution in [3.63, 3.8) is 0 Å². The van der Waals surface area contributed by atoms with E-state index in [0.29, 0.717) is 0 Å². The van der Waals surface area contributed by atoms with Crippen LogP contribution in [0.4, 0.5) is 0 Å². The van der Waals surface area contributed by atoms with Crippen LogP contribution in [-0.4, -0.2) is 17.7 Å². The molecule has 0 radical (unpaired) electrons. The van der Waals surface area contributed by atoms with Crippen LogP contribution in [-0.2, 0) is 6.54 Å². The Morgan fingerprint density at radius 2 is 2.12 bits per heavy atom. The quantitative estimate of drug-likeness (QED) is 0.760. The number of aromatic nitrogens is 1. The maximum Gasteiger partial charge on any atom is 0.0480 e. The largest absolute Gasteiger partial charge is 0.347 e. The lowest BCUT2D eigenvalue weighted by atomic mass is 10.2. The van der Waals surface area contributed by atoms with E-state index in [1.807, 2.05) is 0 Å². The molecular weight excluding hydrogens is 196 g/mol. The number of aryl methyl sites for hydroxylation is 2. The molecule has 2 heteroatoms. The third-order valence-electron chi connectivity index (χ3n) is 2.93. The van der Waals surface area contributed by atoms with Gasteiger partial charge < -0.3 is 9.88 Å². The zero-order chi connectivity index (χ0) is 11.4. The van der Waals surface area contributed by atoms with Gasteiger partial charge in [0.15, 0.2) is 0 Å². The lowest BCUT2D eigenvalue weighted by Gasteiger charge is -2.06. The van der Waals surface area contributed by atoms with E-state index >= 15 is 0 Å². The van der Waals surface area contributed by atoms with Gasteiger partial charge in [0.25, 0.3) is 0 Å². The van der Waals surface area contributed by atoms with Crippen LogP contribution in [0.1, 0.15) is 18.9 Å². The van der Waals surface area contributed by atoms with Crippen LogP contribution in [0.5, 0.6) is 0 Å². The molecule has 1 heterocycles. The van der Waals surface area contributed by atoms with E-state index in [0.717, 1.165) is 19.6 Å². The number of rotatable bonds is 5. The SMILES string of the molecule is CCNCCCn1ccc2cc(C)ccc21. The maximum atomic E-state index is 3.35. The van der Waals surface area contributed by atoms with Gasteiger partial charge in [0.2, 0.25) is 0 Å². The first-order chi connectivity index (χ1) is 7.81. The Morgan fingerprint density at radius 3 is 2.94 bits per heavy atom. The molecule has 0 aliphatic carbocycles. The summed E-state index contributed by atoms with van der Waals surface area (Å²) in [5, 5.41) is 4.70. The fourth-order valence-electron chi connectivity index (χ4n) is 2.07. The summed E-state index contributed by atoms with van der Waals surface area (Å²) in [6.45, 7) is 7.54. The Bertz CT molecular complexity index is 457. The second-order valence-electron chi connectivity index (χ2n) is 4.28. The molecule has 0 fully saturated rings. The van der Waals surface area contributed by atoms with Gasteiger partial charge in [0.05, 0.1) is 0 Å². The van der Waals surface area contributed by atoms with Crippen molar-refractivity contribution in [3.05, 3.63) is 36.0 Å². The van der Waals surface area contributed by atoms with Crippen molar-refractivity contribution >= 4 is 10.9 Å². The Hall–Kier alpha value is -1.28. The minimum absolute atomic E-state index is 1.06. The Balaban J connectivity index is 2.07. The van der Waals surface area contributed by atoms with Crippen molar-refractivity contribution in [1.82, 2.24) is 9.88 Å². The molecule has 0 aliphatic rings. The van der Waals surface area contributed by atoms with Crippen LogP contribution in [0.3, 0.4) is 0 Å². The zero-order valence-corrected chi connectivity index (χ0v) is 10.2. The molecule has 86 valence electrons. The molecule has 2 aromatic rings. The van der Waals surface area contributed by atoms with Crippen molar-refractivity contribution in [1.29, 1.82) is 0 Å². The molecule has 0 unspecified atom stereocenters. The van der Waals surface area contributed by atoms with E-state index < -0.39 is 0 Å². The van der Waals surface area contributed by atoms with E-state index in [9.17, 15) is 0 Å². The average Bonchev–Trinajstić information content (AvgIpc) is 2.67. The number of hydrogen-bond donors (Lipinski definition) is 1. The third-order valence-corrected chi connectivity index (χ3v) is 2.93. The highest BCUT2D eigenvalue weighted by atomic mass is 15.0. The van der Waals surface area contributed by atoms with Crippen molar-refractivity contribution in [2.75, 3.05) is 13.1 Å². The average molecular weight is 216 g/mol. The van der Waals surface area contributed by atoms with E-state index in [4.69, 9.17) is 0 Å². The Labute approximate surface area is 97.3 Å². The highest BCUT2D eigenvalue weighted by molar-refractivity contribution is 5.80. The van der Waals surface area contributed by atoms with Gasteiger partial charge >= 0.3 is 0 Å². The second-order valence-corrected chi connectivity index (χ2v) is 4.28. The van der Waals surface area contributed by atoms with Gasteiger partial charge in [-0.05, 0) is 50.0 Å². The first kappa shape index (κ1) is 11.2. The second kappa shape index (κ2) is 5.17. The van der Waals surface area contributed by atoms with Gasteiger partial charge in [-0.1, -0.05) is 18.6 Å². The molecule has 2 nitrogen and oxygen atoms in total. The molecular formula is C14H20N2. The van der Waals surface area contributed by atoms with Crippen molar-refractivity contribution in [3.8, 4) is 0 Å². The van der Waals surface area contributed by atoms with Crippen LogP contribution >= 0.6 is 0 Å². The predicted octanol–water partition coefficient (Wildman–Crippen LogP) is 2.95. The van der Waals surface area contributed by atoms with Crippen molar-refractivity contribution in [2.45, 2.75) is 26.8 Å². The lowest BCUT2D eigenvalue weighted by Crippen LogP contribution is -2.15. The van der Waals surface area contributed by atoms with Crippen molar-refractivity contribution in [2.24, 2.45) is 0 Å². The van der Waals surface area contributed by atoms with E-state index in [-0.39, 0.29) is 0 Å². The van der Waals surface area contributed by atoms with Gasteiger partial charge in [0, 0.05) is 18.3 Å². The van der Waals surface area contributed by atoms with Gasteiger partial charge in [-0.15, -0.1) is 0 Å². The van der Waals surface area contributed by atoms with Gasteiger partial charge in [-0.25, -0.2) is 0 Å². The normalized spacial score (nSPS) is 11.1. The molecule has 16 heavy (non-hydrogen) atoms. The molecule has 0 bridgehead atoms. The van der Waals surface area contributed by atoms with Gasteiger partial charge in [0.1, 0.15) is 0 Å². The Morgan fingerprint density at radius 1 is 1.25 bits per heavy atom.